The molecule has 0 aliphatic carbocycles. The molecule has 1 heterocycles. The number of rotatable bonds is 8. The quantitative estimate of drug-likeness (QED) is 0.670. The standard InChI is InChI=1S/C14H19N3O2/c1-3-14(18)13-6-5-12(11-16-13)17(8-4-7-15)9-10-19-2/h5-6,11H,3-4,8-10H2,1-2H3. The number of nitriles is 1. The van der Waals surface area contributed by atoms with E-state index >= 15 is 0 Å². The molecule has 0 fully saturated rings. The van der Waals surface area contributed by atoms with Crippen LogP contribution in [0.2, 0.25) is 0 Å². The van der Waals surface area contributed by atoms with E-state index < -0.39 is 0 Å². The number of aromatic nitrogens is 1. The average Bonchev–Trinajstić information content (AvgIpc) is 2.47. The molecule has 5 nitrogen and oxygen atoms in total. The van der Waals surface area contributed by atoms with Crippen LogP contribution in [0.25, 0.3) is 0 Å². The second-order valence-electron chi connectivity index (χ2n) is 4.07. The van der Waals surface area contributed by atoms with Crippen LogP contribution in [-0.4, -0.2) is 37.6 Å². The molecule has 102 valence electrons. The lowest BCUT2D eigenvalue weighted by atomic mass is 10.2. The van der Waals surface area contributed by atoms with Crippen molar-refractivity contribution < 1.29 is 9.53 Å². The molecule has 0 aliphatic rings. The van der Waals surface area contributed by atoms with Gasteiger partial charge in [0.15, 0.2) is 5.78 Å². The van der Waals surface area contributed by atoms with Crippen LogP contribution in [0.1, 0.15) is 30.3 Å². The fraction of sp³-hybridized carbons (Fsp3) is 0.500. The van der Waals surface area contributed by atoms with Crippen molar-refractivity contribution in [3.8, 4) is 6.07 Å². The fourth-order valence-electron chi connectivity index (χ4n) is 1.68. The first kappa shape index (κ1) is 15.1. The Labute approximate surface area is 113 Å². The molecule has 0 aliphatic heterocycles. The average molecular weight is 261 g/mol. The molecule has 1 aromatic rings. The summed E-state index contributed by atoms with van der Waals surface area (Å²) in [5.74, 6) is 0.0343. The minimum absolute atomic E-state index is 0.0343. The maximum atomic E-state index is 11.5. The minimum atomic E-state index is 0.0343. The number of carbonyl (C=O) groups is 1. The zero-order valence-corrected chi connectivity index (χ0v) is 11.4. The van der Waals surface area contributed by atoms with Crippen LogP contribution in [0.3, 0.4) is 0 Å². The molecule has 0 atom stereocenters. The first-order valence-electron chi connectivity index (χ1n) is 6.33. The van der Waals surface area contributed by atoms with E-state index in [0.717, 1.165) is 5.69 Å². The second-order valence-corrected chi connectivity index (χ2v) is 4.07. The van der Waals surface area contributed by atoms with E-state index in [9.17, 15) is 4.79 Å². The van der Waals surface area contributed by atoms with E-state index in [-0.39, 0.29) is 5.78 Å². The Bertz CT molecular complexity index is 437. The van der Waals surface area contributed by atoms with E-state index in [2.05, 4.69) is 11.1 Å². The Morgan fingerprint density at radius 1 is 1.47 bits per heavy atom. The van der Waals surface area contributed by atoms with Crippen molar-refractivity contribution in [2.75, 3.05) is 31.7 Å². The first-order valence-corrected chi connectivity index (χ1v) is 6.33. The summed E-state index contributed by atoms with van der Waals surface area (Å²) in [5, 5.41) is 8.67. The van der Waals surface area contributed by atoms with Gasteiger partial charge in [-0.25, -0.2) is 0 Å². The number of methoxy groups -OCH3 is 1. The van der Waals surface area contributed by atoms with Crippen LogP contribution in [0.4, 0.5) is 5.69 Å². The summed E-state index contributed by atoms with van der Waals surface area (Å²) in [7, 11) is 1.64. The van der Waals surface area contributed by atoms with Gasteiger partial charge in [0, 0.05) is 26.6 Å². The third kappa shape index (κ3) is 4.68. The van der Waals surface area contributed by atoms with Crippen molar-refractivity contribution in [2.24, 2.45) is 0 Å². The summed E-state index contributed by atoms with van der Waals surface area (Å²) in [6, 6.07) is 5.72. The smallest absolute Gasteiger partial charge is 0.180 e. The van der Waals surface area contributed by atoms with E-state index in [1.807, 2.05) is 17.9 Å². The monoisotopic (exact) mass is 261 g/mol. The summed E-state index contributed by atoms with van der Waals surface area (Å²) in [6.45, 7) is 3.72. The van der Waals surface area contributed by atoms with Gasteiger partial charge >= 0.3 is 0 Å². The van der Waals surface area contributed by atoms with Crippen molar-refractivity contribution in [3.63, 3.8) is 0 Å². The van der Waals surface area contributed by atoms with Gasteiger partial charge < -0.3 is 9.64 Å². The van der Waals surface area contributed by atoms with E-state index in [1.54, 1.807) is 19.4 Å². The normalized spacial score (nSPS) is 9.95. The number of pyridine rings is 1. The Hall–Kier alpha value is -1.93. The third-order valence-corrected chi connectivity index (χ3v) is 2.78. The molecular formula is C14H19N3O2. The van der Waals surface area contributed by atoms with E-state index in [0.29, 0.717) is 38.2 Å². The lowest BCUT2D eigenvalue weighted by molar-refractivity contribution is 0.0983. The molecule has 5 heteroatoms. The highest BCUT2D eigenvalue weighted by molar-refractivity contribution is 5.94. The van der Waals surface area contributed by atoms with Crippen LogP contribution in [0.5, 0.6) is 0 Å². The molecule has 0 spiro atoms. The molecule has 19 heavy (non-hydrogen) atoms. The molecular weight excluding hydrogens is 242 g/mol. The van der Waals surface area contributed by atoms with Gasteiger partial charge in [0.25, 0.3) is 0 Å². The molecule has 0 bridgehead atoms. The topological polar surface area (TPSA) is 66.2 Å². The highest BCUT2D eigenvalue weighted by Crippen LogP contribution is 2.14. The van der Waals surface area contributed by atoms with Crippen molar-refractivity contribution in [3.05, 3.63) is 24.0 Å². The Kier molecular flexibility index (Phi) is 6.55. The molecule has 0 amide bonds. The number of ketones is 1. The van der Waals surface area contributed by atoms with E-state index in [4.69, 9.17) is 10.00 Å². The Morgan fingerprint density at radius 2 is 2.26 bits per heavy atom. The molecule has 0 unspecified atom stereocenters. The van der Waals surface area contributed by atoms with Gasteiger partial charge in [-0.3, -0.25) is 9.78 Å². The molecule has 0 N–H and O–H groups in total. The van der Waals surface area contributed by atoms with Crippen LogP contribution in [-0.2, 0) is 4.74 Å². The van der Waals surface area contributed by atoms with Crippen LogP contribution < -0.4 is 4.90 Å². The molecule has 0 saturated heterocycles. The Balaban J connectivity index is 2.78. The predicted octanol–water partition coefficient (Wildman–Crippen LogP) is 2.04. The summed E-state index contributed by atoms with van der Waals surface area (Å²) in [4.78, 5) is 17.7. The number of Topliss-reactive ketones (excluding diaryl/α,β-unsaturated/α-hetero) is 1. The summed E-state index contributed by atoms with van der Waals surface area (Å²) >= 11 is 0. The first-order chi connectivity index (χ1) is 9.22. The van der Waals surface area contributed by atoms with E-state index in [1.165, 1.54) is 0 Å². The van der Waals surface area contributed by atoms with Crippen molar-refractivity contribution in [2.45, 2.75) is 19.8 Å². The van der Waals surface area contributed by atoms with Crippen molar-refractivity contribution in [1.82, 2.24) is 4.98 Å². The van der Waals surface area contributed by atoms with Gasteiger partial charge in [-0.1, -0.05) is 6.92 Å². The van der Waals surface area contributed by atoms with Gasteiger partial charge in [0.1, 0.15) is 5.69 Å². The van der Waals surface area contributed by atoms with Gasteiger partial charge in [-0.05, 0) is 12.1 Å². The maximum Gasteiger partial charge on any atom is 0.180 e. The molecule has 0 radical (unpaired) electrons. The number of nitrogens with zero attached hydrogens (tertiary/aromatic N) is 3. The number of hydrogen-bond acceptors (Lipinski definition) is 5. The SMILES string of the molecule is CCC(=O)c1ccc(N(CCC#N)CCOC)cn1. The summed E-state index contributed by atoms with van der Waals surface area (Å²) in [6.07, 6.45) is 2.57. The lowest BCUT2D eigenvalue weighted by Gasteiger charge is -2.23. The fourth-order valence-corrected chi connectivity index (χ4v) is 1.68. The summed E-state index contributed by atoms with van der Waals surface area (Å²) in [5.41, 5.74) is 1.39. The zero-order chi connectivity index (χ0) is 14.1. The number of hydrogen-bond donors (Lipinski definition) is 0. The van der Waals surface area contributed by atoms with Gasteiger partial charge in [-0.15, -0.1) is 0 Å². The largest absolute Gasteiger partial charge is 0.383 e. The van der Waals surface area contributed by atoms with Crippen LogP contribution >= 0.6 is 0 Å². The van der Waals surface area contributed by atoms with Crippen LogP contribution in [0, 0.1) is 11.3 Å². The van der Waals surface area contributed by atoms with Crippen molar-refractivity contribution in [1.29, 1.82) is 5.26 Å². The molecule has 0 aromatic carbocycles. The Morgan fingerprint density at radius 3 is 2.79 bits per heavy atom. The van der Waals surface area contributed by atoms with Gasteiger partial charge in [0.2, 0.25) is 0 Å². The van der Waals surface area contributed by atoms with Gasteiger partial charge in [-0.2, -0.15) is 5.26 Å². The maximum absolute atomic E-state index is 11.5. The van der Waals surface area contributed by atoms with Crippen molar-refractivity contribution >= 4 is 11.5 Å². The summed E-state index contributed by atoms with van der Waals surface area (Å²) < 4.78 is 5.05. The number of carbonyl (C=O) groups excluding carboxylic acids is 1. The molecule has 1 aromatic heterocycles. The zero-order valence-electron chi connectivity index (χ0n) is 11.4. The highest BCUT2D eigenvalue weighted by atomic mass is 16.5. The molecule has 1 rings (SSSR count). The highest BCUT2D eigenvalue weighted by Gasteiger charge is 2.09. The lowest BCUT2D eigenvalue weighted by Crippen LogP contribution is -2.28. The number of anilines is 1. The second kappa shape index (κ2) is 8.22. The van der Waals surface area contributed by atoms with Crippen LogP contribution in [0.15, 0.2) is 18.3 Å². The minimum Gasteiger partial charge on any atom is -0.383 e. The molecule has 0 saturated carbocycles. The van der Waals surface area contributed by atoms with Gasteiger partial charge in [0.05, 0.1) is 31.0 Å². The predicted molar refractivity (Wildman–Crippen MR) is 73.2 cm³/mol. The third-order valence-electron chi connectivity index (χ3n) is 2.78. The number of ether oxygens (including phenoxy) is 1.